The van der Waals surface area contributed by atoms with E-state index < -0.39 is 0 Å². The summed E-state index contributed by atoms with van der Waals surface area (Å²) in [7, 11) is 0. The van der Waals surface area contributed by atoms with Crippen molar-refractivity contribution in [2.45, 2.75) is 6.92 Å². The maximum Gasteiger partial charge on any atom is 0.290 e. The second kappa shape index (κ2) is 6.03. The molecule has 64 valence electrons. The number of hydrogen-bond donors (Lipinski definition) is 1. The number of carbonyl (C=O) groups excluding carboxylic acids is 1. The minimum atomic E-state index is -0.250. The molecule has 4 nitrogen and oxygen atoms in total. The van der Waals surface area contributed by atoms with Crippen LogP contribution in [0.25, 0.3) is 0 Å². The third-order valence-electron chi connectivity index (χ3n) is 1.03. The molecule has 0 aromatic carbocycles. The van der Waals surface area contributed by atoms with Gasteiger partial charge in [-0.1, -0.05) is 6.07 Å². The lowest BCUT2D eigenvalue weighted by atomic mass is 10.3. The first-order chi connectivity index (χ1) is 5.72. The molecule has 0 aliphatic carbocycles. The number of aromatic nitrogens is 1. The second-order valence-electron chi connectivity index (χ2n) is 1.88. The van der Waals surface area contributed by atoms with Crippen LogP contribution in [0.4, 0.5) is 0 Å². The summed E-state index contributed by atoms with van der Waals surface area (Å²) in [5, 5.41) is 6.89. The number of rotatable bonds is 1. The Labute approximate surface area is 69.9 Å². The lowest BCUT2D eigenvalue weighted by Gasteiger charge is -1.88. The van der Waals surface area contributed by atoms with Gasteiger partial charge in [-0.3, -0.25) is 14.6 Å². The van der Waals surface area contributed by atoms with Crippen molar-refractivity contribution in [2.75, 3.05) is 0 Å². The van der Waals surface area contributed by atoms with Gasteiger partial charge in [-0.15, -0.1) is 0 Å². The highest BCUT2D eigenvalue weighted by molar-refractivity contribution is 5.91. The summed E-state index contributed by atoms with van der Waals surface area (Å²) in [4.78, 5) is 22.8. The Kier molecular flexibility index (Phi) is 5.17. The van der Waals surface area contributed by atoms with Crippen molar-refractivity contribution in [3.8, 4) is 0 Å². The van der Waals surface area contributed by atoms with Crippen molar-refractivity contribution < 1.29 is 14.7 Å². The number of pyridine rings is 1. The molecule has 0 saturated carbocycles. The van der Waals surface area contributed by atoms with Gasteiger partial charge in [0.2, 0.25) is 0 Å². The number of Topliss-reactive ketones (excluding diaryl/α,β-unsaturated/α-hetero) is 1. The van der Waals surface area contributed by atoms with E-state index in [2.05, 4.69) is 4.98 Å². The lowest BCUT2D eigenvalue weighted by molar-refractivity contribution is -0.122. The largest absolute Gasteiger partial charge is 0.483 e. The third-order valence-corrected chi connectivity index (χ3v) is 1.03. The molecule has 1 aromatic heterocycles. The molecule has 0 radical (unpaired) electrons. The molecule has 1 heterocycles. The monoisotopic (exact) mass is 167 g/mol. The van der Waals surface area contributed by atoms with Crippen LogP contribution in [0.5, 0.6) is 0 Å². The Morgan fingerprint density at radius 3 is 2.42 bits per heavy atom. The molecule has 0 aliphatic rings. The summed E-state index contributed by atoms with van der Waals surface area (Å²) in [6.45, 7) is 1.25. The van der Waals surface area contributed by atoms with Gasteiger partial charge in [0.15, 0.2) is 5.78 Å². The van der Waals surface area contributed by atoms with Crippen molar-refractivity contribution in [3.05, 3.63) is 30.1 Å². The Bertz CT molecular complexity index is 246. The Morgan fingerprint density at radius 1 is 1.58 bits per heavy atom. The zero-order chi connectivity index (χ0) is 9.40. The highest BCUT2D eigenvalue weighted by Crippen LogP contribution is 1.92. The molecular weight excluding hydrogens is 158 g/mol. The van der Waals surface area contributed by atoms with Crippen LogP contribution < -0.4 is 0 Å². The van der Waals surface area contributed by atoms with Crippen molar-refractivity contribution in [1.82, 2.24) is 4.98 Å². The number of carboxylic acid groups (broad SMARTS) is 1. The van der Waals surface area contributed by atoms with E-state index >= 15 is 0 Å². The summed E-state index contributed by atoms with van der Waals surface area (Å²) >= 11 is 0. The van der Waals surface area contributed by atoms with Gasteiger partial charge in [0.05, 0.1) is 0 Å². The van der Waals surface area contributed by atoms with E-state index in [4.69, 9.17) is 9.90 Å². The van der Waals surface area contributed by atoms with E-state index in [0.29, 0.717) is 5.69 Å². The van der Waals surface area contributed by atoms with E-state index in [-0.39, 0.29) is 12.3 Å². The molecule has 0 atom stereocenters. The topological polar surface area (TPSA) is 67.3 Å². The summed E-state index contributed by atoms with van der Waals surface area (Å²) in [5.41, 5.74) is 0.525. The molecule has 4 heteroatoms. The van der Waals surface area contributed by atoms with E-state index in [1.807, 2.05) is 0 Å². The molecular formula is C8H9NO3. The SMILES string of the molecule is CC(=O)c1ccccn1.O=CO. The van der Waals surface area contributed by atoms with Crippen LogP contribution in [-0.2, 0) is 4.79 Å². The minimum Gasteiger partial charge on any atom is -0.483 e. The van der Waals surface area contributed by atoms with E-state index in [1.54, 1.807) is 24.4 Å². The fourth-order valence-corrected chi connectivity index (χ4v) is 0.571. The first-order valence-electron chi connectivity index (χ1n) is 3.22. The highest BCUT2D eigenvalue weighted by Gasteiger charge is 1.94. The Hall–Kier alpha value is -1.71. The van der Waals surface area contributed by atoms with Crippen LogP contribution >= 0.6 is 0 Å². The van der Waals surface area contributed by atoms with Gasteiger partial charge in [-0.05, 0) is 12.1 Å². The summed E-state index contributed by atoms with van der Waals surface area (Å²) < 4.78 is 0. The number of carbonyl (C=O) groups is 2. The average molecular weight is 167 g/mol. The van der Waals surface area contributed by atoms with Crippen molar-refractivity contribution in [1.29, 1.82) is 0 Å². The standard InChI is InChI=1S/C7H7NO.CH2O2/c1-6(9)7-4-2-3-5-8-7;2-1-3/h2-5H,1H3;1H,(H,2,3). The highest BCUT2D eigenvalue weighted by atomic mass is 16.3. The number of nitrogens with zero attached hydrogens (tertiary/aromatic N) is 1. The smallest absolute Gasteiger partial charge is 0.290 e. The molecule has 12 heavy (non-hydrogen) atoms. The zero-order valence-corrected chi connectivity index (χ0v) is 6.60. The molecule has 0 bridgehead atoms. The predicted octanol–water partition coefficient (Wildman–Crippen LogP) is 0.985. The molecule has 0 unspecified atom stereocenters. The van der Waals surface area contributed by atoms with Crippen molar-refractivity contribution >= 4 is 12.3 Å². The summed E-state index contributed by atoms with van der Waals surface area (Å²) in [6, 6.07) is 5.28. The van der Waals surface area contributed by atoms with Crippen LogP contribution in [0.3, 0.4) is 0 Å². The average Bonchev–Trinajstić information content (AvgIpc) is 2.07. The first-order valence-corrected chi connectivity index (χ1v) is 3.22. The fourth-order valence-electron chi connectivity index (χ4n) is 0.571. The van der Waals surface area contributed by atoms with Crippen LogP contribution in [0.1, 0.15) is 17.4 Å². The van der Waals surface area contributed by atoms with Gasteiger partial charge in [0, 0.05) is 13.1 Å². The number of hydrogen-bond acceptors (Lipinski definition) is 3. The van der Waals surface area contributed by atoms with Gasteiger partial charge >= 0.3 is 0 Å². The van der Waals surface area contributed by atoms with Gasteiger partial charge in [-0.2, -0.15) is 0 Å². The van der Waals surface area contributed by atoms with Crippen molar-refractivity contribution in [2.24, 2.45) is 0 Å². The fraction of sp³-hybridized carbons (Fsp3) is 0.125. The van der Waals surface area contributed by atoms with Crippen LogP contribution in [0.2, 0.25) is 0 Å². The maximum atomic E-state index is 10.6. The Balaban J connectivity index is 0.000000354. The van der Waals surface area contributed by atoms with Gasteiger partial charge in [0.1, 0.15) is 5.69 Å². The molecule has 0 amide bonds. The van der Waals surface area contributed by atoms with E-state index in [0.717, 1.165) is 0 Å². The second-order valence-corrected chi connectivity index (χ2v) is 1.88. The molecule has 0 fully saturated rings. The van der Waals surface area contributed by atoms with Crippen LogP contribution in [0, 0.1) is 0 Å². The quantitative estimate of drug-likeness (QED) is 0.500. The molecule has 1 rings (SSSR count). The molecule has 0 spiro atoms. The van der Waals surface area contributed by atoms with Gasteiger partial charge in [-0.25, -0.2) is 0 Å². The van der Waals surface area contributed by atoms with E-state index in [9.17, 15) is 4.79 Å². The maximum absolute atomic E-state index is 10.6. The molecule has 0 aliphatic heterocycles. The molecule has 1 aromatic rings. The van der Waals surface area contributed by atoms with Gasteiger partial charge in [0.25, 0.3) is 6.47 Å². The first kappa shape index (κ1) is 10.3. The normalized spacial score (nSPS) is 7.75. The number of ketones is 1. The van der Waals surface area contributed by atoms with Crippen molar-refractivity contribution in [3.63, 3.8) is 0 Å². The van der Waals surface area contributed by atoms with Crippen LogP contribution in [0.15, 0.2) is 24.4 Å². The Morgan fingerprint density at radius 2 is 2.17 bits per heavy atom. The molecule has 1 N–H and O–H groups in total. The van der Waals surface area contributed by atoms with Crippen LogP contribution in [-0.4, -0.2) is 22.3 Å². The third kappa shape index (κ3) is 4.16. The zero-order valence-electron chi connectivity index (χ0n) is 6.60. The van der Waals surface area contributed by atoms with Gasteiger partial charge < -0.3 is 5.11 Å². The predicted molar refractivity (Wildman–Crippen MR) is 42.9 cm³/mol. The summed E-state index contributed by atoms with van der Waals surface area (Å²) in [6.07, 6.45) is 1.61. The minimum absolute atomic E-state index is 0.00981. The lowest BCUT2D eigenvalue weighted by Crippen LogP contribution is -1.93. The van der Waals surface area contributed by atoms with E-state index in [1.165, 1.54) is 6.92 Å². The molecule has 0 saturated heterocycles. The summed E-state index contributed by atoms with van der Waals surface area (Å²) in [5.74, 6) is 0.00981.